The van der Waals surface area contributed by atoms with Crippen molar-refractivity contribution in [2.75, 3.05) is 6.54 Å². The van der Waals surface area contributed by atoms with Gasteiger partial charge >= 0.3 is 0 Å². The van der Waals surface area contributed by atoms with Crippen molar-refractivity contribution in [3.8, 4) is 0 Å². The van der Waals surface area contributed by atoms with Gasteiger partial charge in [0.2, 0.25) is 0 Å². The standard InChI is InChI=1S/C17H22F2N4O/c1-2-17-22-4-3-14(23-17)9-21-10-16(24)15(20)7-11-5-12(18)8-13(19)6-11/h3-6,8,15-16,21,24H,2,7,9-10,20H2,1H3/t15-,16+/m0/s1. The van der Waals surface area contributed by atoms with E-state index in [9.17, 15) is 13.9 Å². The molecule has 0 amide bonds. The van der Waals surface area contributed by atoms with Crippen molar-refractivity contribution in [1.82, 2.24) is 15.3 Å². The number of aromatic nitrogens is 2. The fourth-order valence-corrected chi connectivity index (χ4v) is 2.35. The van der Waals surface area contributed by atoms with E-state index in [4.69, 9.17) is 5.73 Å². The van der Waals surface area contributed by atoms with Gasteiger partial charge in [-0.2, -0.15) is 0 Å². The molecule has 0 aliphatic heterocycles. The lowest BCUT2D eigenvalue weighted by molar-refractivity contribution is 0.141. The van der Waals surface area contributed by atoms with Crippen LogP contribution in [0.15, 0.2) is 30.5 Å². The van der Waals surface area contributed by atoms with Gasteiger partial charge < -0.3 is 16.2 Å². The highest BCUT2D eigenvalue weighted by molar-refractivity contribution is 5.19. The lowest BCUT2D eigenvalue weighted by Crippen LogP contribution is -2.43. The quantitative estimate of drug-likeness (QED) is 0.677. The van der Waals surface area contributed by atoms with Crippen molar-refractivity contribution >= 4 is 0 Å². The average molecular weight is 336 g/mol. The number of nitrogens with zero attached hydrogens (tertiary/aromatic N) is 2. The van der Waals surface area contributed by atoms with Crippen molar-refractivity contribution < 1.29 is 13.9 Å². The van der Waals surface area contributed by atoms with Crippen LogP contribution in [-0.4, -0.2) is 33.8 Å². The van der Waals surface area contributed by atoms with Crippen molar-refractivity contribution in [2.24, 2.45) is 5.73 Å². The molecular formula is C17H22F2N4O. The van der Waals surface area contributed by atoms with E-state index in [2.05, 4.69) is 15.3 Å². The van der Waals surface area contributed by atoms with Crippen molar-refractivity contribution in [3.63, 3.8) is 0 Å². The summed E-state index contributed by atoms with van der Waals surface area (Å²) in [7, 11) is 0. The van der Waals surface area contributed by atoms with Gasteiger partial charge in [0.05, 0.1) is 11.8 Å². The Labute approximate surface area is 139 Å². The molecule has 5 nitrogen and oxygen atoms in total. The topological polar surface area (TPSA) is 84.1 Å². The van der Waals surface area contributed by atoms with Crippen LogP contribution in [0, 0.1) is 11.6 Å². The second kappa shape index (κ2) is 8.77. The lowest BCUT2D eigenvalue weighted by Gasteiger charge is -2.19. The highest BCUT2D eigenvalue weighted by Gasteiger charge is 2.16. The van der Waals surface area contributed by atoms with Crippen LogP contribution in [0.25, 0.3) is 0 Å². The lowest BCUT2D eigenvalue weighted by atomic mass is 10.0. The summed E-state index contributed by atoms with van der Waals surface area (Å²) in [6.07, 6.45) is 1.80. The number of nitrogens with two attached hydrogens (primary N) is 1. The van der Waals surface area contributed by atoms with Gasteiger partial charge in [-0.15, -0.1) is 0 Å². The number of halogens is 2. The maximum absolute atomic E-state index is 13.2. The van der Waals surface area contributed by atoms with Crippen LogP contribution in [0.4, 0.5) is 8.78 Å². The third-order valence-corrected chi connectivity index (χ3v) is 3.63. The number of aliphatic hydroxyl groups is 1. The summed E-state index contributed by atoms with van der Waals surface area (Å²) in [5.41, 5.74) is 7.16. The molecule has 24 heavy (non-hydrogen) atoms. The molecule has 2 atom stereocenters. The minimum Gasteiger partial charge on any atom is -0.390 e. The number of nitrogens with one attached hydrogen (secondary N) is 1. The van der Waals surface area contributed by atoms with Gasteiger partial charge in [-0.05, 0) is 30.2 Å². The van der Waals surface area contributed by atoms with Gasteiger partial charge in [0, 0.05) is 37.8 Å². The maximum Gasteiger partial charge on any atom is 0.128 e. The number of hydrogen-bond acceptors (Lipinski definition) is 5. The van der Waals surface area contributed by atoms with E-state index >= 15 is 0 Å². The molecule has 130 valence electrons. The fraction of sp³-hybridized carbons (Fsp3) is 0.412. The Kier molecular flexibility index (Phi) is 6.72. The Morgan fingerprint density at radius 3 is 2.62 bits per heavy atom. The molecule has 0 saturated heterocycles. The normalized spacial score (nSPS) is 13.7. The third kappa shape index (κ3) is 5.59. The molecule has 0 unspecified atom stereocenters. The van der Waals surface area contributed by atoms with Crippen LogP contribution in [0.3, 0.4) is 0 Å². The summed E-state index contributed by atoms with van der Waals surface area (Å²) >= 11 is 0. The predicted molar refractivity (Wildman–Crippen MR) is 87.2 cm³/mol. The summed E-state index contributed by atoms with van der Waals surface area (Å²) < 4.78 is 26.3. The van der Waals surface area contributed by atoms with Gasteiger partial charge in [-0.25, -0.2) is 18.7 Å². The average Bonchev–Trinajstić information content (AvgIpc) is 2.54. The van der Waals surface area contributed by atoms with Gasteiger partial charge in [0.1, 0.15) is 17.5 Å². The first kappa shape index (κ1) is 18.4. The van der Waals surface area contributed by atoms with Crippen molar-refractivity contribution in [2.45, 2.75) is 38.5 Å². The molecule has 1 aromatic carbocycles. The van der Waals surface area contributed by atoms with E-state index in [-0.39, 0.29) is 13.0 Å². The molecule has 0 spiro atoms. The Balaban J connectivity index is 1.81. The van der Waals surface area contributed by atoms with Crippen LogP contribution in [-0.2, 0) is 19.4 Å². The summed E-state index contributed by atoms with van der Waals surface area (Å²) in [6.45, 7) is 2.71. The largest absolute Gasteiger partial charge is 0.390 e. The Morgan fingerprint density at radius 2 is 1.96 bits per heavy atom. The summed E-state index contributed by atoms with van der Waals surface area (Å²) in [5, 5.41) is 13.2. The van der Waals surface area contributed by atoms with E-state index in [0.29, 0.717) is 12.1 Å². The maximum atomic E-state index is 13.2. The van der Waals surface area contributed by atoms with Crippen molar-refractivity contribution in [1.29, 1.82) is 0 Å². The molecule has 4 N–H and O–H groups in total. The molecule has 0 saturated carbocycles. The van der Waals surface area contributed by atoms with Crippen LogP contribution in [0.1, 0.15) is 24.0 Å². The highest BCUT2D eigenvalue weighted by atomic mass is 19.1. The molecule has 0 radical (unpaired) electrons. The first-order chi connectivity index (χ1) is 11.5. The smallest absolute Gasteiger partial charge is 0.128 e. The first-order valence-corrected chi connectivity index (χ1v) is 7.88. The predicted octanol–water partition coefficient (Wildman–Crippen LogP) is 1.34. The molecule has 2 rings (SSSR count). The minimum absolute atomic E-state index is 0.186. The highest BCUT2D eigenvalue weighted by Crippen LogP contribution is 2.10. The summed E-state index contributed by atoms with van der Waals surface area (Å²) in [6, 6.07) is 4.41. The van der Waals surface area contributed by atoms with E-state index in [1.807, 2.05) is 6.92 Å². The monoisotopic (exact) mass is 336 g/mol. The zero-order valence-corrected chi connectivity index (χ0v) is 13.5. The molecule has 2 aromatic rings. The van der Waals surface area contributed by atoms with E-state index in [1.165, 1.54) is 12.1 Å². The number of aliphatic hydroxyl groups excluding tert-OH is 1. The summed E-state index contributed by atoms with van der Waals surface area (Å²) in [5.74, 6) is -0.541. The number of aryl methyl sites for hydroxylation is 1. The zero-order chi connectivity index (χ0) is 17.5. The summed E-state index contributed by atoms with van der Waals surface area (Å²) in [4.78, 5) is 8.47. The first-order valence-electron chi connectivity index (χ1n) is 7.88. The van der Waals surface area contributed by atoms with Crippen LogP contribution >= 0.6 is 0 Å². The Bertz CT molecular complexity index is 649. The van der Waals surface area contributed by atoms with E-state index in [0.717, 1.165) is 24.0 Å². The van der Waals surface area contributed by atoms with Crippen LogP contribution in [0.2, 0.25) is 0 Å². The minimum atomic E-state index is -0.844. The van der Waals surface area contributed by atoms with E-state index in [1.54, 1.807) is 12.3 Å². The zero-order valence-electron chi connectivity index (χ0n) is 13.5. The molecule has 0 fully saturated rings. The number of benzene rings is 1. The number of hydrogen-bond donors (Lipinski definition) is 3. The third-order valence-electron chi connectivity index (χ3n) is 3.63. The van der Waals surface area contributed by atoms with Crippen LogP contribution in [0.5, 0.6) is 0 Å². The molecule has 1 heterocycles. The van der Waals surface area contributed by atoms with Gasteiger partial charge in [0.25, 0.3) is 0 Å². The molecular weight excluding hydrogens is 314 g/mol. The fourth-order valence-electron chi connectivity index (χ4n) is 2.35. The van der Waals surface area contributed by atoms with Gasteiger partial charge in [-0.3, -0.25) is 0 Å². The Hall–Kier alpha value is -1.96. The SMILES string of the molecule is CCc1nccc(CNC[C@@H](O)[C@@H](N)Cc2cc(F)cc(F)c2)n1. The van der Waals surface area contributed by atoms with E-state index < -0.39 is 23.8 Å². The Morgan fingerprint density at radius 1 is 1.25 bits per heavy atom. The molecule has 7 heteroatoms. The van der Waals surface area contributed by atoms with Gasteiger partial charge in [0.15, 0.2) is 0 Å². The second-order valence-corrected chi connectivity index (χ2v) is 5.66. The van der Waals surface area contributed by atoms with Gasteiger partial charge in [-0.1, -0.05) is 6.92 Å². The molecule has 0 aliphatic rings. The molecule has 0 aliphatic carbocycles. The van der Waals surface area contributed by atoms with Crippen LogP contribution < -0.4 is 11.1 Å². The second-order valence-electron chi connectivity index (χ2n) is 5.66. The molecule has 1 aromatic heterocycles. The van der Waals surface area contributed by atoms with Crippen molar-refractivity contribution in [3.05, 3.63) is 59.2 Å². The number of rotatable bonds is 8. The molecule has 0 bridgehead atoms.